The number of alkyl halides is 3. The van der Waals surface area contributed by atoms with Crippen LogP contribution in [0.1, 0.15) is 16.8 Å². The second-order valence-corrected chi connectivity index (χ2v) is 6.68. The number of aliphatic imine (C=N–C) groups is 1. The molecule has 2 aromatic heterocycles. The van der Waals surface area contributed by atoms with Crippen molar-refractivity contribution in [2.75, 3.05) is 7.05 Å². The smallest absolute Gasteiger partial charge is 0.369 e. The van der Waals surface area contributed by atoms with Gasteiger partial charge in [-0.2, -0.15) is 13.2 Å². The number of benzene rings is 1. The van der Waals surface area contributed by atoms with Crippen LogP contribution < -0.4 is 5.73 Å². The Kier molecular flexibility index (Phi) is 4.49. The highest BCUT2D eigenvalue weighted by molar-refractivity contribution is 6.08. The van der Waals surface area contributed by atoms with Crippen molar-refractivity contribution >= 4 is 11.9 Å². The summed E-state index contributed by atoms with van der Waals surface area (Å²) in [6.07, 6.45) is 0.946. The van der Waals surface area contributed by atoms with Crippen molar-refractivity contribution in [1.29, 1.82) is 0 Å². The standard InChI is InChI=1S/C20H15F3N6O/c1-29-17(30)19(28-18(29)24,16-8-15(5-6-27-16)20(21,22)23)14-4-2-3-12(7-14)13-9-25-11-26-10-13/h2-11H,1H3,(H2,24,28). The third kappa shape index (κ3) is 3.06. The Labute approximate surface area is 169 Å². The van der Waals surface area contributed by atoms with E-state index >= 15 is 0 Å². The molecule has 0 saturated heterocycles. The molecule has 0 bridgehead atoms. The average molecular weight is 412 g/mol. The molecule has 10 heteroatoms. The second-order valence-electron chi connectivity index (χ2n) is 6.68. The molecule has 3 aromatic rings. The number of amides is 1. The number of nitrogens with two attached hydrogens (primary N) is 1. The van der Waals surface area contributed by atoms with Gasteiger partial charge in [0.25, 0.3) is 5.91 Å². The van der Waals surface area contributed by atoms with Gasteiger partial charge < -0.3 is 5.73 Å². The number of halogens is 3. The van der Waals surface area contributed by atoms with Crippen molar-refractivity contribution in [3.63, 3.8) is 0 Å². The van der Waals surface area contributed by atoms with Gasteiger partial charge in [-0.15, -0.1) is 0 Å². The van der Waals surface area contributed by atoms with Gasteiger partial charge in [-0.05, 0) is 29.3 Å². The van der Waals surface area contributed by atoms with Crippen molar-refractivity contribution in [3.05, 3.63) is 78.1 Å². The van der Waals surface area contributed by atoms with Gasteiger partial charge in [0.2, 0.25) is 5.54 Å². The van der Waals surface area contributed by atoms with E-state index in [0.29, 0.717) is 16.7 Å². The number of pyridine rings is 1. The van der Waals surface area contributed by atoms with Crippen LogP contribution >= 0.6 is 0 Å². The first kappa shape index (κ1) is 19.5. The van der Waals surface area contributed by atoms with E-state index in [2.05, 4.69) is 19.9 Å². The number of rotatable bonds is 3. The van der Waals surface area contributed by atoms with E-state index in [1.165, 1.54) is 13.4 Å². The van der Waals surface area contributed by atoms with Crippen LogP contribution in [0.25, 0.3) is 11.1 Å². The minimum atomic E-state index is -4.61. The number of carbonyl (C=O) groups is 1. The van der Waals surface area contributed by atoms with E-state index in [0.717, 1.165) is 23.2 Å². The van der Waals surface area contributed by atoms with Crippen LogP contribution in [0, 0.1) is 0 Å². The maximum Gasteiger partial charge on any atom is 0.416 e. The first-order valence-corrected chi connectivity index (χ1v) is 8.76. The summed E-state index contributed by atoms with van der Waals surface area (Å²) in [6.45, 7) is 0. The zero-order valence-corrected chi connectivity index (χ0v) is 15.6. The third-order valence-corrected chi connectivity index (χ3v) is 4.87. The Hall–Kier alpha value is -3.82. The molecule has 4 rings (SSSR count). The van der Waals surface area contributed by atoms with Crippen LogP contribution in [0.4, 0.5) is 13.2 Å². The number of likely N-dealkylation sites (N-methyl/N-ethyl adjacent to an activating group) is 1. The molecule has 7 nitrogen and oxygen atoms in total. The normalized spacial score (nSPS) is 19.1. The predicted octanol–water partition coefficient (Wildman–Crippen LogP) is 2.59. The molecule has 152 valence electrons. The molecule has 1 unspecified atom stereocenters. The zero-order valence-electron chi connectivity index (χ0n) is 15.6. The molecule has 1 aliphatic rings. The summed E-state index contributed by atoms with van der Waals surface area (Å²) in [5, 5.41) is 0. The lowest BCUT2D eigenvalue weighted by Crippen LogP contribution is -2.41. The van der Waals surface area contributed by atoms with Gasteiger partial charge in [0, 0.05) is 31.2 Å². The number of carbonyl (C=O) groups excluding carboxylic acids is 1. The van der Waals surface area contributed by atoms with Crippen molar-refractivity contribution in [1.82, 2.24) is 19.9 Å². The van der Waals surface area contributed by atoms with E-state index in [9.17, 15) is 18.0 Å². The number of guanidine groups is 1. The number of nitrogens with zero attached hydrogens (tertiary/aromatic N) is 5. The van der Waals surface area contributed by atoms with E-state index < -0.39 is 23.2 Å². The summed E-state index contributed by atoms with van der Waals surface area (Å²) >= 11 is 0. The Bertz CT molecular complexity index is 1150. The molecule has 3 heterocycles. The lowest BCUT2D eigenvalue weighted by Gasteiger charge is -2.26. The van der Waals surface area contributed by atoms with Crippen molar-refractivity contribution in [2.45, 2.75) is 11.7 Å². The summed E-state index contributed by atoms with van der Waals surface area (Å²) in [4.78, 5) is 30.6. The molecule has 0 fully saturated rings. The first-order chi connectivity index (χ1) is 14.2. The highest BCUT2D eigenvalue weighted by Crippen LogP contribution is 2.41. The SMILES string of the molecule is CN1C(=O)C(c2cccc(-c3cncnc3)c2)(c2cc(C(F)(F)F)ccn2)N=C1N. The molecule has 0 spiro atoms. The summed E-state index contributed by atoms with van der Waals surface area (Å²) < 4.78 is 40.0. The molecule has 0 radical (unpaired) electrons. The summed E-state index contributed by atoms with van der Waals surface area (Å²) in [7, 11) is 1.41. The van der Waals surface area contributed by atoms with Gasteiger partial charge in [0.05, 0.1) is 11.3 Å². The monoisotopic (exact) mass is 412 g/mol. The molecule has 1 aliphatic heterocycles. The van der Waals surface area contributed by atoms with Crippen LogP contribution in [0.5, 0.6) is 0 Å². The number of hydrogen-bond acceptors (Lipinski definition) is 6. The lowest BCUT2D eigenvalue weighted by atomic mass is 9.84. The van der Waals surface area contributed by atoms with Crippen LogP contribution in [0.15, 0.2) is 66.3 Å². The first-order valence-electron chi connectivity index (χ1n) is 8.76. The Morgan fingerprint density at radius 3 is 2.43 bits per heavy atom. The number of hydrogen-bond donors (Lipinski definition) is 1. The maximum atomic E-state index is 13.3. The van der Waals surface area contributed by atoms with E-state index in [1.807, 2.05) is 0 Å². The molecule has 1 atom stereocenters. The molecule has 0 aliphatic carbocycles. The quantitative estimate of drug-likeness (QED) is 0.713. The summed E-state index contributed by atoms with van der Waals surface area (Å²) in [5.41, 5.74) is 4.59. The Morgan fingerprint density at radius 1 is 1.07 bits per heavy atom. The highest BCUT2D eigenvalue weighted by Gasteiger charge is 2.51. The molecule has 0 saturated carbocycles. The predicted molar refractivity (Wildman–Crippen MR) is 102 cm³/mol. The van der Waals surface area contributed by atoms with Gasteiger partial charge in [0.15, 0.2) is 5.96 Å². The van der Waals surface area contributed by atoms with E-state index in [-0.39, 0.29) is 11.7 Å². The van der Waals surface area contributed by atoms with E-state index in [4.69, 9.17) is 5.73 Å². The lowest BCUT2D eigenvalue weighted by molar-refractivity contribution is -0.138. The molecule has 1 aromatic carbocycles. The van der Waals surface area contributed by atoms with Crippen LogP contribution in [0.3, 0.4) is 0 Å². The molecular weight excluding hydrogens is 397 g/mol. The topological polar surface area (TPSA) is 97.4 Å². The highest BCUT2D eigenvalue weighted by atomic mass is 19.4. The average Bonchev–Trinajstić information content (AvgIpc) is 2.99. The summed E-state index contributed by atoms with van der Waals surface area (Å²) in [5.74, 6) is -0.721. The minimum absolute atomic E-state index is 0.118. The Balaban J connectivity index is 1.95. The van der Waals surface area contributed by atoms with Crippen molar-refractivity contribution in [3.8, 4) is 11.1 Å². The van der Waals surface area contributed by atoms with Gasteiger partial charge in [-0.25, -0.2) is 15.0 Å². The van der Waals surface area contributed by atoms with Crippen LogP contribution in [-0.2, 0) is 16.5 Å². The van der Waals surface area contributed by atoms with Gasteiger partial charge in [0.1, 0.15) is 6.33 Å². The molecule has 2 N–H and O–H groups in total. The molecule has 1 amide bonds. The molecule has 30 heavy (non-hydrogen) atoms. The second kappa shape index (κ2) is 6.90. The van der Waals surface area contributed by atoms with Gasteiger partial charge >= 0.3 is 6.18 Å². The van der Waals surface area contributed by atoms with Crippen molar-refractivity contribution in [2.24, 2.45) is 10.7 Å². The van der Waals surface area contributed by atoms with Crippen LogP contribution in [-0.4, -0.2) is 38.8 Å². The number of aromatic nitrogens is 3. The Morgan fingerprint density at radius 2 is 1.80 bits per heavy atom. The van der Waals surface area contributed by atoms with E-state index in [1.54, 1.807) is 36.7 Å². The third-order valence-electron chi connectivity index (χ3n) is 4.87. The molecular formula is C20H15F3N6O. The fourth-order valence-electron chi connectivity index (χ4n) is 3.32. The van der Waals surface area contributed by atoms with Crippen molar-refractivity contribution < 1.29 is 18.0 Å². The maximum absolute atomic E-state index is 13.3. The minimum Gasteiger partial charge on any atom is -0.369 e. The van der Waals surface area contributed by atoms with Crippen LogP contribution in [0.2, 0.25) is 0 Å². The fourth-order valence-corrected chi connectivity index (χ4v) is 3.32. The zero-order chi connectivity index (χ0) is 21.5. The fraction of sp³-hybridized carbons (Fsp3) is 0.150. The summed E-state index contributed by atoms with van der Waals surface area (Å²) in [6, 6.07) is 8.35. The van der Waals surface area contributed by atoms with Gasteiger partial charge in [-0.3, -0.25) is 14.7 Å². The largest absolute Gasteiger partial charge is 0.416 e. The van der Waals surface area contributed by atoms with Gasteiger partial charge in [-0.1, -0.05) is 18.2 Å².